The van der Waals surface area contributed by atoms with Crippen LogP contribution in [-0.4, -0.2) is 46.1 Å². The van der Waals surface area contributed by atoms with Crippen LogP contribution in [0.5, 0.6) is 0 Å². The molecule has 0 radical (unpaired) electrons. The van der Waals surface area contributed by atoms with Crippen LogP contribution in [0.2, 0.25) is 0 Å². The van der Waals surface area contributed by atoms with Crippen LogP contribution >= 0.6 is 11.5 Å². The summed E-state index contributed by atoms with van der Waals surface area (Å²) in [5.74, 6) is -1.90. The molecule has 3 aromatic rings. The van der Waals surface area contributed by atoms with E-state index in [2.05, 4.69) is 38.7 Å². The predicted molar refractivity (Wildman–Crippen MR) is 135 cm³/mol. The largest absolute Gasteiger partial charge is 0.478 e. The molecule has 0 unspecified atom stereocenters. The van der Waals surface area contributed by atoms with E-state index in [1.807, 2.05) is 12.1 Å². The number of benzene rings is 2. The number of rotatable bonds is 8. The van der Waals surface area contributed by atoms with Crippen LogP contribution < -0.4 is 15.5 Å². The fraction of sp³-hybridized carbons (Fsp3) is 0.400. The van der Waals surface area contributed by atoms with Crippen molar-refractivity contribution < 1.29 is 23.1 Å². The van der Waals surface area contributed by atoms with E-state index < -0.39 is 18.0 Å². The lowest BCUT2D eigenvalue weighted by Crippen LogP contribution is -2.45. The average Bonchev–Trinajstić information content (AvgIpc) is 3.32. The fourth-order valence-corrected chi connectivity index (χ4v) is 5.04. The highest BCUT2D eigenvalue weighted by molar-refractivity contribution is 7.09. The molecule has 36 heavy (non-hydrogen) atoms. The van der Waals surface area contributed by atoms with Gasteiger partial charge in [0.15, 0.2) is 0 Å². The first-order chi connectivity index (χ1) is 17.1. The highest BCUT2D eigenvalue weighted by Gasteiger charge is 2.36. The Morgan fingerprint density at radius 2 is 1.94 bits per heavy atom. The van der Waals surface area contributed by atoms with Gasteiger partial charge in [-0.1, -0.05) is 38.1 Å². The molecule has 0 atom stereocenters. The lowest BCUT2D eigenvalue weighted by molar-refractivity contribution is -0.144. The Morgan fingerprint density at radius 1 is 1.22 bits per heavy atom. The molecule has 3 N–H and O–H groups in total. The molecular formula is C25H28F3N5O2S. The third kappa shape index (κ3) is 5.96. The summed E-state index contributed by atoms with van der Waals surface area (Å²) in [4.78, 5) is 17.8. The molecule has 0 amide bonds. The summed E-state index contributed by atoms with van der Waals surface area (Å²) in [6.45, 7) is 6.78. The molecule has 1 saturated heterocycles. The van der Waals surface area contributed by atoms with Crippen LogP contribution in [0.3, 0.4) is 0 Å². The highest BCUT2D eigenvalue weighted by Crippen LogP contribution is 2.38. The number of carboxylic acids is 1. The molecule has 0 spiro atoms. The van der Waals surface area contributed by atoms with Gasteiger partial charge in [0, 0.05) is 24.1 Å². The molecule has 11 heteroatoms. The van der Waals surface area contributed by atoms with Crippen molar-refractivity contribution in [2.75, 3.05) is 29.9 Å². The monoisotopic (exact) mass is 519 g/mol. The van der Waals surface area contributed by atoms with Gasteiger partial charge in [0.1, 0.15) is 0 Å². The third-order valence-corrected chi connectivity index (χ3v) is 6.64. The Hall–Kier alpha value is -3.18. The van der Waals surface area contributed by atoms with Gasteiger partial charge in [-0.25, -0.2) is 4.79 Å². The van der Waals surface area contributed by atoms with Crippen LogP contribution in [0.1, 0.15) is 42.9 Å². The SMILES string of the molecule is CC(C)CN(c1ccc(-c2ccccc2C(=O)O)cc1Nc1nc(C(F)(F)F)ns1)C1CCNCC1. The summed E-state index contributed by atoms with van der Waals surface area (Å²) in [5, 5.41) is 16.1. The number of piperidine rings is 1. The van der Waals surface area contributed by atoms with E-state index in [4.69, 9.17) is 0 Å². The number of hydrogen-bond acceptors (Lipinski definition) is 7. The van der Waals surface area contributed by atoms with Gasteiger partial charge in [0.2, 0.25) is 11.0 Å². The van der Waals surface area contributed by atoms with Crippen molar-refractivity contribution >= 4 is 34.0 Å². The number of aromatic nitrogens is 2. The first-order valence-corrected chi connectivity index (χ1v) is 12.5. The van der Waals surface area contributed by atoms with Gasteiger partial charge >= 0.3 is 12.1 Å². The zero-order valence-corrected chi connectivity index (χ0v) is 20.8. The minimum atomic E-state index is -4.64. The van der Waals surface area contributed by atoms with E-state index >= 15 is 0 Å². The molecule has 2 heterocycles. The molecule has 1 aliphatic heterocycles. The fourth-order valence-electron chi connectivity index (χ4n) is 4.44. The lowest BCUT2D eigenvalue weighted by Gasteiger charge is -2.38. The summed E-state index contributed by atoms with van der Waals surface area (Å²) in [6.07, 6.45) is -2.76. The van der Waals surface area contributed by atoms with Gasteiger partial charge in [0.25, 0.3) is 0 Å². The highest BCUT2D eigenvalue weighted by atomic mass is 32.1. The Bertz CT molecular complexity index is 1210. The van der Waals surface area contributed by atoms with Crippen molar-refractivity contribution in [3.05, 3.63) is 53.9 Å². The summed E-state index contributed by atoms with van der Waals surface area (Å²) < 4.78 is 42.8. The van der Waals surface area contributed by atoms with Gasteiger partial charge in [-0.15, -0.1) is 0 Å². The number of alkyl halides is 3. The molecule has 1 aliphatic rings. The Balaban J connectivity index is 1.81. The molecule has 7 nitrogen and oxygen atoms in total. The van der Waals surface area contributed by atoms with Crippen molar-refractivity contribution in [3.63, 3.8) is 0 Å². The van der Waals surface area contributed by atoms with Crippen LogP contribution in [0.4, 0.5) is 29.7 Å². The molecule has 2 aromatic carbocycles. The second-order valence-electron chi connectivity index (χ2n) is 9.16. The minimum absolute atomic E-state index is 0.0158. The van der Waals surface area contributed by atoms with Gasteiger partial charge in [-0.05, 0) is 61.2 Å². The summed E-state index contributed by atoms with van der Waals surface area (Å²) in [6, 6.07) is 12.5. The number of halogens is 3. The van der Waals surface area contributed by atoms with Crippen molar-refractivity contribution in [1.29, 1.82) is 0 Å². The number of anilines is 3. The van der Waals surface area contributed by atoms with Crippen molar-refractivity contribution in [1.82, 2.24) is 14.7 Å². The molecule has 4 rings (SSSR count). The van der Waals surface area contributed by atoms with Crippen molar-refractivity contribution in [2.45, 2.75) is 38.9 Å². The maximum absolute atomic E-state index is 13.1. The zero-order chi connectivity index (χ0) is 25.9. The van der Waals surface area contributed by atoms with Gasteiger partial charge < -0.3 is 20.6 Å². The van der Waals surface area contributed by atoms with Gasteiger partial charge in [-0.3, -0.25) is 0 Å². The molecule has 192 valence electrons. The smallest absolute Gasteiger partial charge is 0.452 e. The normalized spacial score (nSPS) is 14.7. The molecule has 0 aliphatic carbocycles. The van der Waals surface area contributed by atoms with E-state index in [1.165, 1.54) is 6.07 Å². The number of nitrogens with one attached hydrogen (secondary N) is 2. The molecular weight excluding hydrogens is 491 g/mol. The number of carbonyl (C=O) groups is 1. The van der Waals surface area contributed by atoms with Crippen LogP contribution in [0, 0.1) is 5.92 Å². The Kier molecular flexibility index (Phi) is 7.79. The topological polar surface area (TPSA) is 90.4 Å². The Labute approximate surface area is 211 Å². The first kappa shape index (κ1) is 25.9. The maximum atomic E-state index is 13.1. The van der Waals surface area contributed by atoms with E-state index in [0.29, 0.717) is 34.3 Å². The zero-order valence-electron chi connectivity index (χ0n) is 20.0. The summed E-state index contributed by atoms with van der Waals surface area (Å²) >= 11 is 0.636. The predicted octanol–water partition coefficient (Wildman–Crippen LogP) is 5.88. The van der Waals surface area contributed by atoms with Crippen molar-refractivity contribution in [2.24, 2.45) is 5.92 Å². The van der Waals surface area contributed by atoms with Crippen LogP contribution in [0.15, 0.2) is 42.5 Å². The van der Waals surface area contributed by atoms with Crippen LogP contribution in [-0.2, 0) is 6.18 Å². The minimum Gasteiger partial charge on any atom is -0.478 e. The Morgan fingerprint density at radius 3 is 2.58 bits per heavy atom. The van der Waals surface area contributed by atoms with E-state index in [9.17, 15) is 23.1 Å². The second kappa shape index (κ2) is 10.8. The number of nitrogens with zero attached hydrogens (tertiary/aromatic N) is 3. The molecule has 0 bridgehead atoms. The van der Waals surface area contributed by atoms with E-state index in [1.54, 1.807) is 24.3 Å². The third-order valence-electron chi connectivity index (χ3n) is 6.01. The molecule has 1 aromatic heterocycles. The second-order valence-corrected chi connectivity index (χ2v) is 9.91. The van der Waals surface area contributed by atoms with Gasteiger partial charge in [0.05, 0.1) is 16.9 Å². The quantitative estimate of drug-likeness (QED) is 0.342. The number of aromatic carboxylic acids is 1. The standard InChI is InChI=1S/C25H28F3N5O2S/c1-15(2)14-33(17-9-11-29-12-10-17)21-8-7-16(18-5-3-4-6-19(18)22(34)35)13-20(21)30-24-31-23(32-36-24)25(26,27)28/h3-8,13,15,17,29H,9-12,14H2,1-2H3,(H,34,35)(H,30,31,32). The summed E-state index contributed by atoms with van der Waals surface area (Å²) in [5.41, 5.74) is 2.68. The average molecular weight is 520 g/mol. The number of carboxylic acid groups (broad SMARTS) is 1. The molecule has 0 saturated carbocycles. The molecule has 1 fully saturated rings. The number of hydrogen-bond donors (Lipinski definition) is 3. The lowest BCUT2D eigenvalue weighted by atomic mass is 9.97. The van der Waals surface area contributed by atoms with E-state index in [-0.39, 0.29) is 16.7 Å². The summed E-state index contributed by atoms with van der Waals surface area (Å²) in [7, 11) is 0. The van der Waals surface area contributed by atoms with Crippen molar-refractivity contribution in [3.8, 4) is 11.1 Å². The van der Waals surface area contributed by atoms with E-state index in [0.717, 1.165) is 38.2 Å². The first-order valence-electron chi connectivity index (χ1n) is 11.8. The maximum Gasteiger partial charge on any atom is 0.452 e. The van der Waals surface area contributed by atoms with Crippen LogP contribution in [0.25, 0.3) is 11.1 Å². The van der Waals surface area contributed by atoms with Gasteiger partial charge in [-0.2, -0.15) is 22.5 Å².